The first-order chi connectivity index (χ1) is 7.08. The Hall–Kier alpha value is -1.11. The largest absolute Gasteiger partial charge is 0.474 e. The molecule has 8 heteroatoms. The van der Waals surface area contributed by atoms with Crippen LogP contribution in [0, 0.1) is 0 Å². The van der Waals surface area contributed by atoms with E-state index < -0.39 is 11.9 Å². The zero-order chi connectivity index (χ0) is 11.0. The topological polar surface area (TPSA) is 76.2 Å². The average molecular weight is 265 g/mol. The highest BCUT2D eigenvalue weighted by Gasteiger charge is 2.18. The Balaban J connectivity index is 2.45. The minimum atomic E-state index is -1.29. The number of carboxylic acids is 1. The van der Waals surface area contributed by atoms with Gasteiger partial charge < -0.3 is 9.52 Å². The Kier molecular flexibility index (Phi) is 2.64. The normalized spacial score (nSPS) is 10.5. The molecule has 0 spiro atoms. The molecule has 0 aliphatic heterocycles. The Bertz CT molecular complexity index is 522. The molecule has 0 saturated carbocycles. The molecule has 0 aromatic carbocycles. The van der Waals surface area contributed by atoms with Crippen LogP contribution in [-0.2, 0) is 0 Å². The summed E-state index contributed by atoms with van der Waals surface area (Å²) in [6.07, 6.45) is 0. The van der Waals surface area contributed by atoms with Crippen LogP contribution in [0.3, 0.4) is 0 Å². The third-order valence-corrected chi connectivity index (χ3v) is 2.98. The molecule has 5 nitrogen and oxygen atoms in total. The molecule has 0 saturated heterocycles. The van der Waals surface area contributed by atoms with Crippen molar-refractivity contribution < 1.29 is 14.3 Å². The molecular formula is C7H2Cl2N2O3S. The van der Waals surface area contributed by atoms with E-state index in [2.05, 4.69) is 10.2 Å². The number of carboxylic acid groups (broad SMARTS) is 1. The van der Waals surface area contributed by atoms with E-state index in [0.717, 1.165) is 11.3 Å². The van der Waals surface area contributed by atoms with Crippen LogP contribution in [-0.4, -0.2) is 21.3 Å². The van der Waals surface area contributed by atoms with Crippen molar-refractivity contribution in [2.75, 3.05) is 0 Å². The monoisotopic (exact) mass is 264 g/mol. The average Bonchev–Trinajstić information content (AvgIpc) is 2.71. The van der Waals surface area contributed by atoms with Crippen molar-refractivity contribution in [2.45, 2.75) is 0 Å². The molecule has 0 atom stereocenters. The minimum Gasteiger partial charge on any atom is -0.474 e. The van der Waals surface area contributed by atoms with Crippen LogP contribution in [0.2, 0.25) is 8.67 Å². The second-order valence-electron chi connectivity index (χ2n) is 2.46. The van der Waals surface area contributed by atoms with Gasteiger partial charge in [-0.25, -0.2) is 4.79 Å². The molecule has 0 bridgehead atoms. The summed E-state index contributed by atoms with van der Waals surface area (Å²) in [4.78, 5) is 10.5. The first-order valence-corrected chi connectivity index (χ1v) is 5.17. The lowest BCUT2D eigenvalue weighted by Crippen LogP contribution is -1.95. The van der Waals surface area contributed by atoms with E-state index in [9.17, 15) is 4.79 Å². The van der Waals surface area contributed by atoms with Crippen LogP contribution in [0.25, 0.3) is 11.5 Å². The second kappa shape index (κ2) is 3.80. The van der Waals surface area contributed by atoms with Crippen LogP contribution < -0.4 is 0 Å². The number of rotatable bonds is 2. The molecule has 0 aliphatic carbocycles. The molecular weight excluding hydrogens is 263 g/mol. The summed E-state index contributed by atoms with van der Waals surface area (Å²) >= 11 is 12.7. The molecule has 15 heavy (non-hydrogen) atoms. The third kappa shape index (κ3) is 1.97. The van der Waals surface area contributed by atoms with Gasteiger partial charge in [0.1, 0.15) is 4.34 Å². The Labute approximate surface area is 97.3 Å². The summed E-state index contributed by atoms with van der Waals surface area (Å²) in [6.45, 7) is 0. The Morgan fingerprint density at radius 1 is 1.47 bits per heavy atom. The van der Waals surface area contributed by atoms with Gasteiger partial charge in [-0.15, -0.1) is 21.5 Å². The highest BCUT2D eigenvalue weighted by molar-refractivity contribution is 7.20. The highest BCUT2D eigenvalue weighted by Crippen LogP contribution is 2.37. The van der Waals surface area contributed by atoms with Gasteiger partial charge in [0.25, 0.3) is 5.89 Å². The molecule has 0 radical (unpaired) electrons. The minimum absolute atomic E-state index is 0.0422. The van der Waals surface area contributed by atoms with E-state index in [4.69, 9.17) is 32.7 Å². The van der Waals surface area contributed by atoms with Crippen LogP contribution in [0.1, 0.15) is 10.7 Å². The Morgan fingerprint density at radius 2 is 2.20 bits per heavy atom. The van der Waals surface area contributed by atoms with Gasteiger partial charge in [-0.2, -0.15) is 0 Å². The highest BCUT2D eigenvalue weighted by atomic mass is 35.5. The van der Waals surface area contributed by atoms with Gasteiger partial charge in [-0.05, 0) is 6.07 Å². The zero-order valence-electron chi connectivity index (χ0n) is 6.90. The van der Waals surface area contributed by atoms with Gasteiger partial charge in [0.15, 0.2) is 0 Å². The summed E-state index contributed by atoms with van der Waals surface area (Å²) in [5, 5.41) is 15.4. The molecule has 78 valence electrons. The van der Waals surface area contributed by atoms with Gasteiger partial charge in [0.2, 0.25) is 0 Å². The summed E-state index contributed by atoms with van der Waals surface area (Å²) < 4.78 is 5.71. The fourth-order valence-corrected chi connectivity index (χ4v) is 2.35. The maximum atomic E-state index is 10.5. The summed E-state index contributed by atoms with van der Waals surface area (Å²) in [5.41, 5.74) is 0.437. The molecule has 0 amide bonds. The predicted molar refractivity (Wildman–Crippen MR) is 54.6 cm³/mol. The number of halogens is 2. The molecule has 0 unspecified atom stereocenters. The maximum absolute atomic E-state index is 10.5. The molecule has 2 aromatic heterocycles. The summed E-state index contributed by atoms with van der Waals surface area (Å²) in [5.74, 6) is -1.73. The number of hydrogen-bond donors (Lipinski definition) is 1. The van der Waals surface area contributed by atoms with Crippen molar-refractivity contribution in [3.8, 4) is 11.5 Å². The predicted octanol–water partition coefficient (Wildman–Crippen LogP) is 2.80. The van der Waals surface area contributed by atoms with Gasteiger partial charge >= 0.3 is 11.9 Å². The van der Waals surface area contributed by atoms with E-state index in [0.29, 0.717) is 14.2 Å². The van der Waals surface area contributed by atoms with Gasteiger partial charge in [0, 0.05) is 0 Å². The van der Waals surface area contributed by atoms with Crippen LogP contribution >= 0.6 is 34.5 Å². The standard InChI is InChI=1S/C7H2Cl2N2O3S/c8-3-1-2(4(9)15-3)5-10-11-6(14-5)7(12)13/h1H,(H,12,13). The fourth-order valence-electron chi connectivity index (χ4n) is 0.905. The molecule has 2 rings (SSSR count). The summed E-state index contributed by atoms with van der Waals surface area (Å²) in [7, 11) is 0. The van der Waals surface area contributed by atoms with Crippen molar-refractivity contribution in [2.24, 2.45) is 0 Å². The molecule has 2 aromatic rings. The second-order valence-corrected chi connectivity index (χ2v) is 4.74. The lowest BCUT2D eigenvalue weighted by Gasteiger charge is -1.87. The number of aromatic carboxylic acids is 1. The SMILES string of the molecule is O=C(O)c1nnc(-c2cc(Cl)sc2Cl)o1. The van der Waals surface area contributed by atoms with E-state index in [1.807, 2.05) is 0 Å². The fraction of sp³-hybridized carbons (Fsp3) is 0. The number of aromatic nitrogens is 2. The van der Waals surface area contributed by atoms with E-state index >= 15 is 0 Å². The maximum Gasteiger partial charge on any atom is 0.393 e. The molecule has 1 N–H and O–H groups in total. The first kappa shape index (κ1) is 10.4. The number of carbonyl (C=O) groups is 1. The molecule has 0 fully saturated rings. The molecule has 0 aliphatic rings. The number of nitrogens with zero attached hydrogens (tertiary/aromatic N) is 2. The van der Waals surface area contributed by atoms with Crippen LogP contribution in [0.15, 0.2) is 10.5 Å². The lowest BCUT2D eigenvalue weighted by atomic mass is 10.3. The number of thiophene rings is 1. The van der Waals surface area contributed by atoms with Gasteiger partial charge in [0.05, 0.1) is 9.90 Å². The third-order valence-electron chi connectivity index (χ3n) is 1.50. The van der Waals surface area contributed by atoms with E-state index in [-0.39, 0.29) is 5.89 Å². The zero-order valence-corrected chi connectivity index (χ0v) is 9.23. The number of hydrogen-bond acceptors (Lipinski definition) is 5. The summed E-state index contributed by atoms with van der Waals surface area (Å²) in [6, 6.07) is 1.54. The van der Waals surface area contributed by atoms with Crippen molar-refractivity contribution in [1.82, 2.24) is 10.2 Å². The van der Waals surface area contributed by atoms with Gasteiger partial charge in [-0.3, -0.25) is 0 Å². The van der Waals surface area contributed by atoms with E-state index in [1.54, 1.807) is 0 Å². The quantitative estimate of drug-likeness (QED) is 0.903. The smallest absolute Gasteiger partial charge is 0.393 e. The van der Waals surface area contributed by atoms with Crippen LogP contribution in [0.4, 0.5) is 0 Å². The van der Waals surface area contributed by atoms with Crippen LogP contribution in [0.5, 0.6) is 0 Å². The van der Waals surface area contributed by atoms with Crippen molar-refractivity contribution in [3.05, 3.63) is 20.6 Å². The lowest BCUT2D eigenvalue weighted by molar-refractivity contribution is 0.0654. The van der Waals surface area contributed by atoms with Crippen molar-refractivity contribution in [3.63, 3.8) is 0 Å². The first-order valence-electron chi connectivity index (χ1n) is 3.60. The van der Waals surface area contributed by atoms with E-state index in [1.165, 1.54) is 6.07 Å². The van der Waals surface area contributed by atoms with Crippen molar-refractivity contribution >= 4 is 40.5 Å². The van der Waals surface area contributed by atoms with Gasteiger partial charge in [-0.1, -0.05) is 23.2 Å². The molecule has 2 heterocycles. The van der Waals surface area contributed by atoms with Crippen molar-refractivity contribution in [1.29, 1.82) is 0 Å². The Morgan fingerprint density at radius 3 is 2.67 bits per heavy atom.